The molecule has 1 aromatic heterocycles. The molecular formula is C22H24N2O2. The molecule has 0 aliphatic rings. The van der Waals surface area contributed by atoms with Crippen LogP contribution in [-0.4, -0.2) is 17.1 Å². The molecule has 0 aliphatic carbocycles. The molecule has 1 N–H and O–H groups in total. The lowest BCUT2D eigenvalue weighted by Gasteiger charge is -2.10. The first-order chi connectivity index (χ1) is 12.7. The Morgan fingerprint density at radius 1 is 1.15 bits per heavy atom. The molecule has 4 nitrogen and oxygen atoms in total. The van der Waals surface area contributed by atoms with E-state index < -0.39 is 0 Å². The van der Waals surface area contributed by atoms with Crippen LogP contribution in [0, 0.1) is 0 Å². The van der Waals surface area contributed by atoms with Gasteiger partial charge in [0.25, 0.3) is 5.91 Å². The van der Waals surface area contributed by atoms with Crippen molar-refractivity contribution < 1.29 is 9.53 Å². The number of hydrogen-bond donors (Lipinski definition) is 1. The van der Waals surface area contributed by atoms with Gasteiger partial charge in [-0.2, -0.15) is 0 Å². The van der Waals surface area contributed by atoms with Gasteiger partial charge in [0.1, 0.15) is 11.4 Å². The Kier molecular flexibility index (Phi) is 5.74. The summed E-state index contributed by atoms with van der Waals surface area (Å²) in [6.07, 6.45) is 4.03. The SMILES string of the molecule is C/C=C\Cn1c(C(=O)NCc2ccccc2)cc2c(OCC)cccc21. The van der Waals surface area contributed by atoms with Crippen LogP contribution >= 0.6 is 0 Å². The summed E-state index contributed by atoms with van der Waals surface area (Å²) in [6.45, 7) is 5.68. The van der Waals surface area contributed by atoms with E-state index >= 15 is 0 Å². The average Bonchev–Trinajstić information content (AvgIpc) is 3.05. The summed E-state index contributed by atoms with van der Waals surface area (Å²) in [4.78, 5) is 12.8. The van der Waals surface area contributed by atoms with Crippen LogP contribution in [0.2, 0.25) is 0 Å². The van der Waals surface area contributed by atoms with Crippen LogP contribution in [0.25, 0.3) is 10.9 Å². The first-order valence-corrected chi connectivity index (χ1v) is 8.93. The number of carbonyl (C=O) groups excluding carboxylic acids is 1. The number of allylic oxidation sites excluding steroid dienone is 2. The highest BCUT2D eigenvalue weighted by molar-refractivity contribution is 6.00. The Labute approximate surface area is 154 Å². The van der Waals surface area contributed by atoms with Gasteiger partial charge in [-0.05, 0) is 37.6 Å². The number of rotatable bonds is 7. The second-order valence-corrected chi connectivity index (χ2v) is 6.00. The zero-order valence-electron chi connectivity index (χ0n) is 15.2. The van der Waals surface area contributed by atoms with Crippen molar-refractivity contribution in [2.75, 3.05) is 6.61 Å². The maximum Gasteiger partial charge on any atom is 0.268 e. The fraction of sp³-hybridized carbons (Fsp3) is 0.227. The molecule has 0 saturated heterocycles. The van der Waals surface area contributed by atoms with E-state index in [0.29, 0.717) is 25.4 Å². The average molecular weight is 348 g/mol. The zero-order chi connectivity index (χ0) is 18.4. The summed E-state index contributed by atoms with van der Waals surface area (Å²) in [5, 5.41) is 3.98. The van der Waals surface area contributed by atoms with Gasteiger partial charge in [0.15, 0.2) is 0 Å². The van der Waals surface area contributed by atoms with Crippen molar-refractivity contribution in [3.05, 3.63) is 78.0 Å². The van der Waals surface area contributed by atoms with Crippen LogP contribution < -0.4 is 10.1 Å². The first-order valence-electron chi connectivity index (χ1n) is 8.93. The van der Waals surface area contributed by atoms with Crippen molar-refractivity contribution in [2.45, 2.75) is 26.9 Å². The molecule has 2 aromatic carbocycles. The molecule has 0 fully saturated rings. The summed E-state index contributed by atoms with van der Waals surface area (Å²) in [5.74, 6) is 0.721. The van der Waals surface area contributed by atoms with Gasteiger partial charge in [-0.1, -0.05) is 48.6 Å². The van der Waals surface area contributed by atoms with E-state index in [9.17, 15) is 4.79 Å². The molecule has 3 rings (SSSR count). The predicted molar refractivity (Wildman–Crippen MR) is 106 cm³/mol. The van der Waals surface area contributed by atoms with Crippen LogP contribution in [0.5, 0.6) is 5.75 Å². The third kappa shape index (κ3) is 3.80. The summed E-state index contributed by atoms with van der Waals surface area (Å²) in [5.41, 5.74) is 2.71. The van der Waals surface area contributed by atoms with Crippen molar-refractivity contribution in [3.63, 3.8) is 0 Å². The standard InChI is InChI=1S/C22H24N2O2/c1-3-5-14-24-19-12-9-13-21(26-4-2)18(19)15-20(24)22(25)23-16-17-10-7-6-8-11-17/h3,5-13,15H,4,14,16H2,1-2H3,(H,23,25)/b5-3-. The molecule has 0 atom stereocenters. The van der Waals surface area contributed by atoms with Gasteiger partial charge < -0.3 is 14.6 Å². The fourth-order valence-corrected chi connectivity index (χ4v) is 3.00. The summed E-state index contributed by atoms with van der Waals surface area (Å²) in [6, 6.07) is 17.8. The molecule has 0 bridgehead atoms. The van der Waals surface area contributed by atoms with Crippen molar-refractivity contribution in [1.82, 2.24) is 9.88 Å². The molecule has 0 radical (unpaired) electrons. The molecule has 0 saturated carbocycles. The van der Waals surface area contributed by atoms with Crippen molar-refractivity contribution >= 4 is 16.8 Å². The van der Waals surface area contributed by atoms with Crippen LogP contribution in [-0.2, 0) is 13.1 Å². The highest BCUT2D eigenvalue weighted by Gasteiger charge is 2.17. The van der Waals surface area contributed by atoms with Crippen LogP contribution in [0.1, 0.15) is 29.9 Å². The number of benzene rings is 2. The normalized spacial score (nSPS) is 11.2. The van der Waals surface area contributed by atoms with Gasteiger partial charge in [-0.3, -0.25) is 4.79 Å². The number of hydrogen-bond acceptors (Lipinski definition) is 2. The van der Waals surface area contributed by atoms with E-state index in [1.54, 1.807) is 0 Å². The van der Waals surface area contributed by atoms with Crippen LogP contribution in [0.15, 0.2) is 66.7 Å². The molecule has 3 aromatic rings. The molecule has 0 unspecified atom stereocenters. The summed E-state index contributed by atoms with van der Waals surface area (Å²) >= 11 is 0. The van der Waals surface area contributed by atoms with E-state index in [1.165, 1.54) is 0 Å². The predicted octanol–water partition coefficient (Wildman–Crippen LogP) is 4.55. The molecule has 26 heavy (non-hydrogen) atoms. The van der Waals surface area contributed by atoms with Gasteiger partial charge in [0.2, 0.25) is 0 Å². The number of ether oxygens (including phenoxy) is 1. The number of carbonyl (C=O) groups is 1. The van der Waals surface area contributed by atoms with Gasteiger partial charge in [-0.25, -0.2) is 0 Å². The first kappa shape index (κ1) is 17.8. The topological polar surface area (TPSA) is 43.3 Å². The smallest absolute Gasteiger partial charge is 0.268 e. The largest absolute Gasteiger partial charge is 0.493 e. The second kappa shape index (κ2) is 8.39. The van der Waals surface area contributed by atoms with Gasteiger partial charge in [-0.15, -0.1) is 0 Å². The van der Waals surface area contributed by atoms with Crippen molar-refractivity contribution in [1.29, 1.82) is 0 Å². The minimum atomic E-state index is -0.0861. The van der Waals surface area contributed by atoms with Gasteiger partial charge >= 0.3 is 0 Å². The summed E-state index contributed by atoms with van der Waals surface area (Å²) < 4.78 is 7.76. The Balaban J connectivity index is 1.94. The molecule has 134 valence electrons. The molecule has 1 amide bonds. The fourth-order valence-electron chi connectivity index (χ4n) is 3.00. The minimum Gasteiger partial charge on any atom is -0.493 e. The maximum absolute atomic E-state index is 12.8. The van der Waals surface area contributed by atoms with Crippen LogP contribution in [0.4, 0.5) is 0 Å². The monoisotopic (exact) mass is 348 g/mol. The Bertz CT molecular complexity index is 911. The molecule has 4 heteroatoms. The number of aromatic nitrogens is 1. The van der Waals surface area contributed by atoms with Gasteiger partial charge in [0, 0.05) is 18.5 Å². The molecule has 1 heterocycles. The van der Waals surface area contributed by atoms with E-state index in [0.717, 1.165) is 22.2 Å². The number of nitrogens with one attached hydrogen (secondary N) is 1. The second-order valence-electron chi connectivity index (χ2n) is 6.00. The van der Waals surface area contributed by atoms with E-state index in [-0.39, 0.29) is 5.91 Å². The molecular weight excluding hydrogens is 324 g/mol. The summed E-state index contributed by atoms with van der Waals surface area (Å²) in [7, 11) is 0. The minimum absolute atomic E-state index is 0.0861. The lowest BCUT2D eigenvalue weighted by molar-refractivity contribution is 0.0942. The quantitative estimate of drug-likeness (QED) is 0.637. The maximum atomic E-state index is 12.8. The Morgan fingerprint density at radius 2 is 1.96 bits per heavy atom. The molecule has 0 spiro atoms. The Hall–Kier alpha value is -3.01. The Morgan fingerprint density at radius 3 is 2.69 bits per heavy atom. The highest BCUT2D eigenvalue weighted by Crippen LogP contribution is 2.29. The molecule has 0 aliphatic heterocycles. The lowest BCUT2D eigenvalue weighted by atomic mass is 10.2. The highest BCUT2D eigenvalue weighted by atomic mass is 16.5. The van der Waals surface area contributed by atoms with E-state index in [1.807, 2.05) is 85.2 Å². The van der Waals surface area contributed by atoms with Gasteiger partial charge in [0.05, 0.1) is 12.1 Å². The number of amides is 1. The number of nitrogens with zero attached hydrogens (tertiary/aromatic N) is 1. The number of fused-ring (bicyclic) bond motifs is 1. The van der Waals surface area contributed by atoms with Crippen LogP contribution in [0.3, 0.4) is 0 Å². The third-order valence-corrected chi connectivity index (χ3v) is 4.26. The van der Waals surface area contributed by atoms with Crippen molar-refractivity contribution in [2.24, 2.45) is 0 Å². The lowest BCUT2D eigenvalue weighted by Crippen LogP contribution is -2.25. The zero-order valence-corrected chi connectivity index (χ0v) is 15.2. The van der Waals surface area contributed by atoms with Crippen molar-refractivity contribution in [3.8, 4) is 5.75 Å². The third-order valence-electron chi connectivity index (χ3n) is 4.26. The van der Waals surface area contributed by atoms with E-state index in [4.69, 9.17) is 4.74 Å². The van der Waals surface area contributed by atoms with E-state index in [2.05, 4.69) is 5.32 Å².